The van der Waals surface area contributed by atoms with E-state index in [1.54, 1.807) is 22.6 Å². The molecule has 1 N–H and O–H groups in total. The van der Waals surface area contributed by atoms with Crippen LogP contribution in [0.1, 0.15) is 28.0 Å². The first kappa shape index (κ1) is 12.8. The molecular formula is C8H5BrF2INO2. The van der Waals surface area contributed by atoms with Gasteiger partial charge in [0.15, 0.2) is 5.69 Å². The number of halogens is 4. The normalized spacial score (nSPS) is 10.7. The van der Waals surface area contributed by atoms with Gasteiger partial charge in [-0.15, -0.1) is 0 Å². The van der Waals surface area contributed by atoms with Crippen LogP contribution in [0.15, 0.2) is 6.07 Å². The van der Waals surface area contributed by atoms with E-state index in [1.807, 2.05) is 0 Å². The lowest BCUT2D eigenvalue weighted by Crippen LogP contribution is -2.10. The lowest BCUT2D eigenvalue weighted by atomic mass is 10.1. The number of carboxylic acids is 1. The molecule has 0 aliphatic heterocycles. The zero-order chi connectivity index (χ0) is 11.6. The third-order valence-corrected chi connectivity index (χ3v) is 2.83. The van der Waals surface area contributed by atoms with Crippen molar-refractivity contribution in [3.05, 3.63) is 26.6 Å². The predicted molar refractivity (Wildman–Crippen MR) is 61.5 cm³/mol. The molecule has 0 aromatic carbocycles. The second-order valence-electron chi connectivity index (χ2n) is 2.61. The summed E-state index contributed by atoms with van der Waals surface area (Å²) in [6, 6.07) is 1.43. The molecule has 0 spiro atoms. The van der Waals surface area contributed by atoms with Crippen molar-refractivity contribution in [2.75, 3.05) is 0 Å². The highest BCUT2D eigenvalue weighted by molar-refractivity contribution is 14.1. The van der Waals surface area contributed by atoms with Crippen molar-refractivity contribution < 1.29 is 18.7 Å². The quantitative estimate of drug-likeness (QED) is 0.489. The Labute approximate surface area is 106 Å². The van der Waals surface area contributed by atoms with Gasteiger partial charge in [0.2, 0.25) is 0 Å². The van der Waals surface area contributed by atoms with Crippen LogP contribution < -0.4 is 0 Å². The number of alkyl halides is 3. The van der Waals surface area contributed by atoms with E-state index in [2.05, 4.69) is 20.9 Å². The minimum atomic E-state index is -2.84. The van der Waals surface area contributed by atoms with Crippen LogP contribution in [0.5, 0.6) is 0 Å². The maximum Gasteiger partial charge on any atom is 0.355 e. The number of aromatic carboxylic acids is 1. The highest BCUT2D eigenvalue weighted by Crippen LogP contribution is 2.28. The van der Waals surface area contributed by atoms with Gasteiger partial charge in [0, 0.05) is 5.33 Å². The van der Waals surface area contributed by atoms with Crippen molar-refractivity contribution in [2.24, 2.45) is 0 Å². The Hall–Kier alpha value is -0.310. The standard InChI is InChI=1S/C8H5BrF2INO2/c9-2-3-1-4(12)13-6(8(14)15)5(3)7(10)11/h1,7H,2H2,(H,14,15). The van der Waals surface area contributed by atoms with Gasteiger partial charge < -0.3 is 5.11 Å². The third kappa shape index (κ3) is 2.83. The molecule has 0 fully saturated rings. The molecule has 1 aromatic heterocycles. The summed E-state index contributed by atoms with van der Waals surface area (Å²) in [5.74, 6) is -1.44. The topological polar surface area (TPSA) is 50.2 Å². The summed E-state index contributed by atoms with van der Waals surface area (Å²) < 4.78 is 25.7. The van der Waals surface area contributed by atoms with Gasteiger partial charge in [0.25, 0.3) is 6.43 Å². The molecule has 0 aliphatic rings. The second kappa shape index (κ2) is 5.15. The average molecular weight is 392 g/mol. The van der Waals surface area contributed by atoms with Gasteiger partial charge in [-0.05, 0) is 34.2 Å². The summed E-state index contributed by atoms with van der Waals surface area (Å²) in [5, 5.41) is 8.92. The highest BCUT2D eigenvalue weighted by atomic mass is 127. The molecule has 0 saturated carbocycles. The summed E-state index contributed by atoms with van der Waals surface area (Å²) >= 11 is 4.82. The van der Waals surface area contributed by atoms with Gasteiger partial charge in [-0.3, -0.25) is 0 Å². The van der Waals surface area contributed by atoms with Crippen LogP contribution in [0.25, 0.3) is 0 Å². The number of carbonyl (C=O) groups is 1. The van der Waals surface area contributed by atoms with Gasteiger partial charge in [-0.25, -0.2) is 18.6 Å². The molecule has 1 rings (SSSR count). The minimum Gasteiger partial charge on any atom is -0.476 e. The van der Waals surface area contributed by atoms with E-state index in [-0.39, 0.29) is 10.9 Å². The summed E-state index contributed by atoms with van der Waals surface area (Å²) in [5.41, 5.74) is -0.840. The van der Waals surface area contributed by atoms with Crippen LogP contribution in [0, 0.1) is 3.70 Å². The van der Waals surface area contributed by atoms with Gasteiger partial charge in [0.05, 0.1) is 5.56 Å². The number of nitrogens with zero attached hydrogens (tertiary/aromatic N) is 1. The smallest absolute Gasteiger partial charge is 0.355 e. The van der Waals surface area contributed by atoms with Crippen molar-refractivity contribution in [2.45, 2.75) is 11.8 Å². The molecule has 1 aromatic rings. The molecule has 82 valence electrons. The first-order chi connectivity index (χ1) is 6.97. The number of hydrogen-bond acceptors (Lipinski definition) is 2. The average Bonchev–Trinajstić information content (AvgIpc) is 2.15. The largest absolute Gasteiger partial charge is 0.476 e. The van der Waals surface area contributed by atoms with Crippen molar-refractivity contribution in [3.8, 4) is 0 Å². The summed E-state index contributed by atoms with van der Waals surface area (Å²) in [6.45, 7) is 0. The molecule has 0 amide bonds. The van der Waals surface area contributed by atoms with Crippen LogP contribution in [-0.2, 0) is 5.33 Å². The number of aromatic nitrogens is 1. The van der Waals surface area contributed by atoms with Crippen LogP contribution in [0.4, 0.5) is 8.78 Å². The zero-order valence-corrected chi connectivity index (χ0v) is 10.9. The van der Waals surface area contributed by atoms with E-state index in [4.69, 9.17) is 5.11 Å². The molecular weight excluding hydrogens is 387 g/mol. The van der Waals surface area contributed by atoms with Crippen LogP contribution >= 0.6 is 38.5 Å². The molecule has 0 bridgehead atoms. The molecule has 0 aliphatic carbocycles. The molecule has 7 heteroatoms. The second-order valence-corrected chi connectivity index (χ2v) is 4.27. The Morgan fingerprint density at radius 1 is 1.67 bits per heavy atom. The maximum atomic E-state index is 12.6. The summed E-state index contributed by atoms with van der Waals surface area (Å²) in [4.78, 5) is 14.3. The zero-order valence-electron chi connectivity index (χ0n) is 7.18. The molecule has 0 radical (unpaired) electrons. The fraction of sp³-hybridized carbons (Fsp3) is 0.250. The van der Waals surface area contributed by atoms with Gasteiger partial charge in [0.1, 0.15) is 3.70 Å². The fourth-order valence-corrected chi connectivity index (χ4v) is 2.17. The maximum absolute atomic E-state index is 12.6. The van der Waals surface area contributed by atoms with Crippen LogP contribution in [0.3, 0.4) is 0 Å². The van der Waals surface area contributed by atoms with Crippen molar-refractivity contribution in [1.29, 1.82) is 0 Å². The highest BCUT2D eigenvalue weighted by Gasteiger charge is 2.23. The van der Waals surface area contributed by atoms with E-state index >= 15 is 0 Å². The van der Waals surface area contributed by atoms with E-state index < -0.39 is 23.7 Å². The van der Waals surface area contributed by atoms with E-state index in [9.17, 15) is 13.6 Å². The lowest BCUT2D eigenvalue weighted by molar-refractivity contribution is 0.0676. The van der Waals surface area contributed by atoms with E-state index in [1.165, 1.54) is 6.07 Å². The van der Waals surface area contributed by atoms with Crippen LogP contribution in [-0.4, -0.2) is 16.1 Å². The van der Waals surface area contributed by atoms with Crippen LogP contribution in [0.2, 0.25) is 0 Å². The summed E-state index contributed by atoms with van der Waals surface area (Å²) in [7, 11) is 0. The molecule has 3 nitrogen and oxygen atoms in total. The molecule has 15 heavy (non-hydrogen) atoms. The van der Waals surface area contributed by atoms with Crippen molar-refractivity contribution in [3.63, 3.8) is 0 Å². The number of pyridine rings is 1. The minimum absolute atomic E-state index is 0.172. The SMILES string of the molecule is O=C(O)c1nc(I)cc(CBr)c1C(F)F. The number of hydrogen-bond donors (Lipinski definition) is 1. The molecule has 0 atom stereocenters. The Morgan fingerprint density at radius 2 is 2.27 bits per heavy atom. The van der Waals surface area contributed by atoms with Gasteiger partial charge in [-0.2, -0.15) is 0 Å². The Kier molecular flexibility index (Phi) is 4.38. The fourth-order valence-electron chi connectivity index (χ4n) is 1.09. The Morgan fingerprint density at radius 3 is 2.67 bits per heavy atom. The lowest BCUT2D eigenvalue weighted by Gasteiger charge is -2.09. The number of rotatable bonds is 3. The monoisotopic (exact) mass is 391 g/mol. The van der Waals surface area contributed by atoms with Gasteiger partial charge >= 0.3 is 5.97 Å². The van der Waals surface area contributed by atoms with Gasteiger partial charge in [-0.1, -0.05) is 15.9 Å². The Bertz CT molecular complexity index is 400. The molecule has 0 unspecified atom stereocenters. The first-order valence-corrected chi connectivity index (χ1v) is 5.94. The first-order valence-electron chi connectivity index (χ1n) is 3.74. The van der Waals surface area contributed by atoms with Crippen molar-refractivity contribution >= 4 is 44.5 Å². The predicted octanol–water partition coefficient (Wildman–Crippen LogP) is 3.22. The van der Waals surface area contributed by atoms with Crippen molar-refractivity contribution in [1.82, 2.24) is 4.98 Å². The molecule has 0 saturated heterocycles. The Balaban J connectivity index is 3.47. The summed E-state index contributed by atoms with van der Waals surface area (Å²) in [6.07, 6.45) is -2.84. The van der Waals surface area contributed by atoms with E-state index in [0.717, 1.165) is 0 Å². The molecule has 1 heterocycles. The third-order valence-electron chi connectivity index (χ3n) is 1.68. The number of carboxylic acid groups (broad SMARTS) is 1. The van der Waals surface area contributed by atoms with E-state index in [0.29, 0.717) is 3.70 Å².